The number of carbonyl (C=O) groups excluding carboxylic acids is 1. The molecule has 4 nitrogen and oxygen atoms in total. The molecule has 0 bridgehead atoms. The van der Waals surface area contributed by atoms with E-state index in [4.69, 9.17) is 23.7 Å². The van der Waals surface area contributed by atoms with Gasteiger partial charge in [-0.15, -0.1) is 0 Å². The first kappa shape index (κ1) is 15.9. The molecule has 4 N–H and O–H groups in total. The van der Waals surface area contributed by atoms with Crippen molar-refractivity contribution in [2.24, 2.45) is 11.5 Å². The molecule has 0 spiro atoms. The highest BCUT2D eigenvalue weighted by molar-refractivity contribution is 9.10. The molecule has 0 saturated carbocycles. The third-order valence-corrected chi connectivity index (χ3v) is 3.57. The van der Waals surface area contributed by atoms with Crippen molar-refractivity contribution >= 4 is 44.7 Å². The van der Waals surface area contributed by atoms with Gasteiger partial charge in [-0.05, 0) is 40.5 Å². The van der Waals surface area contributed by atoms with Gasteiger partial charge in [0.25, 0.3) is 0 Å². The van der Waals surface area contributed by atoms with Gasteiger partial charge in [-0.1, -0.05) is 25.6 Å². The van der Waals surface area contributed by atoms with Crippen LogP contribution in [0.15, 0.2) is 22.7 Å². The summed E-state index contributed by atoms with van der Waals surface area (Å²) in [7, 11) is 0. The van der Waals surface area contributed by atoms with Crippen molar-refractivity contribution in [3.63, 3.8) is 0 Å². The molecule has 104 valence electrons. The Kier molecular flexibility index (Phi) is 6.24. The molecule has 1 aromatic rings. The van der Waals surface area contributed by atoms with Gasteiger partial charge < -0.3 is 16.4 Å². The SMILES string of the molecule is CCCCN(CC(N)=O)c1ccc(C(N)=S)cc1Br. The summed E-state index contributed by atoms with van der Waals surface area (Å²) in [6.07, 6.45) is 2.05. The number of primary amides is 1. The normalized spacial score (nSPS) is 10.2. The van der Waals surface area contributed by atoms with E-state index in [1.54, 1.807) is 0 Å². The molecule has 0 fully saturated rings. The number of amides is 1. The highest BCUT2D eigenvalue weighted by Crippen LogP contribution is 2.27. The van der Waals surface area contributed by atoms with Gasteiger partial charge in [0, 0.05) is 16.6 Å². The summed E-state index contributed by atoms with van der Waals surface area (Å²) in [5, 5.41) is 0. The third-order valence-electron chi connectivity index (χ3n) is 2.70. The standard InChI is InChI=1S/C13H18BrN3OS/c1-2-3-6-17(8-12(15)18)11-5-4-9(13(16)19)7-10(11)14/h4-5,7H,2-3,6,8H2,1H3,(H2,15,18)(H2,16,19). The number of benzene rings is 1. The lowest BCUT2D eigenvalue weighted by atomic mass is 10.2. The lowest BCUT2D eigenvalue weighted by Crippen LogP contribution is -2.34. The molecule has 0 aromatic heterocycles. The Labute approximate surface area is 127 Å². The fraction of sp³-hybridized carbons (Fsp3) is 0.385. The summed E-state index contributed by atoms with van der Waals surface area (Å²) in [4.78, 5) is 13.5. The number of carbonyl (C=O) groups is 1. The molecule has 1 rings (SSSR count). The number of unbranched alkanes of at least 4 members (excludes halogenated alkanes) is 1. The number of anilines is 1. The van der Waals surface area contributed by atoms with Crippen molar-refractivity contribution in [3.8, 4) is 0 Å². The van der Waals surface area contributed by atoms with Crippen LogP contribution in [0.3, 0.4) is 0 Å². The lowest BCUT2D eigenvalue weighted by molar-refractivity contribution is -0.116. The van der Waals surface area contributed by atoms with Gasteiger partial charge in [-0.3, -0.25) is 4.79 Å². The average molecular weight is 344 g/mol. The first-order valence-corrected chi connectivity index (χ1v) is 7.28. The van der Waals surface area contributed by atoms with Gasteiger partial charge in [0.05, 0.1) is 12.2 Å². The zero-order valence-corrected chi connectivity index (χ0v) is 13.3. The second-order valence-corrected chi connectivity index (χ2v) is 5.57. The molecule has 19 heavy (non-hydrogen) atoms. The fourth-order valence-corrected chi connectivity index (χ4v) is 2.49. The molecule has 0 saturated heterocycles. The Morgan fingerprint density at radius 1 is 1.42 bits per heavy atom. The molecule has 6 heteroatoms. The van der Waals surface area contributed by atoms with Gasteiger partial charge in [0.15, 0.2) is 0 Å². The molecule has 0 aliphatic rings. The minimum atomic E-state index is -0.346. The maximum absolute atomic E-state index is 11.2. The summed E-state index contributed by atoms with van der Waals surface area (Å²) in [5.74, 6) is -0.346. The highest BCUT2D eigenvalue weighted by Gasteiger charge is 2.13. The summed E-state index contributed by atoms with van der Waals surface area (Å²) < 4.78 is 0.857. The van der Waals surface area contributed by atoms with E-state index in [1.165, 1.54) is 0 Å². The zero-order chi connectivity index (χ0) is 14.4. The third kappa shape index (κ3) is 4.80. The summed E-state index contributed by atoms with van der Waals surface area (Å²) in [5.41, 5.74) is 12.6. The second kappa shape index (κ2) is 7.45. The van der Waals surface area contributed by atoms with Crippen molar-refractivity contribution in [1.29, 1.82) is 0 Å². The molecule has 0 unspecified atom stereocenters. The number of thiocarbonyl (C=S) groups is 1. The molecule has 0 radical (unpaired) electrons. The Bertz CT molecular complexity index is 479. The monoisotopic (exact) mass is 343 g/mol. The maximum atomic E-state index is 11.2. The van der Waals surface area contributed by atoms with Crippen LogP contribution in [0.1, 0.15) is 25.3 Å². The highest BCUT2D eigenvalue weighted by atomic mass is 79.9. The van der Waals surface area contributed by atoms with E-state index >= 15 is 0 Å². The molecule has 1 amide bonds. The van der Waals surface area contributed by atoms with Gasteiger partial charge in [0.2, 0.25) is 5.91 Å². The Balaban J connectivity index is 3.00. The van der Waals surface area contributed by atoms with E-state index in [1.807, 2.05) is 23.1 Å². The molecular formula is C13H18BrN3OS. The Morgan fingerprint density at radius 3 is 2.58 bits per heavy atom. The van der Waals surface area contributed by atoms with E-state index in [0.29, 0.717) is 4.99 Å². The topological polar surface area (TPSA) is 72.3 Å². The molecule has 0 heterocycles. The smallest absolute Gasteiger partial charge is 0.236 e. The van der Waals surface area contributed by atoms with Crippen molar-refractivity contribution in [1.82, 2.24) is 0 Å². The predicted octanol–water partition coefficient (Wildman–Crippen LogP) is 2.18. The van der Waals surface area contributed by atoms with E-state index in [2.05, 4.69) is 22.9 Å². The van der Waals surface area contributed by atoms with Crippen molar-refractivity contribution < 1.29 is 4.79 Å². The fourth-order valence-electron chi connectivity index (χ4n) is 1.74. The summed E-state index contributed by atoms with van der Waals surface area (Å²) >= 11 is 8.43. The second-order valence-electron chi connectivity index (χ2n) is 4.27. The largest absolute Gasteiger partial charge is 0.389 e. The average Bonchev–Trinajstić information content (AvgIpc) is 2.34. The Morgan fingerprint density at radius 2 is 2.11 bits per heavy atom. The van der Waals surface area contributed by atoms with Crippen LogP contribution in [0.4, 0.5) is 5.69 Å². The lowest BCUT2D eigenvalue weighted by Gasteiger charge is -2.24. The van der Waals surface area contributed by atoms with Gasteiger partial charge in [0.1, 0.15) is 4.99 Å². The van der Waals surface area contributed by atoms with E-state index in [-0.39, 0.29) is 12.5 Å². The number of nitrogens with two attached hydrogens (primary N) is 2. The van der Waals surface area contributed by atoms with Crippen LogP contribution in [-0.2, 0) is 4.79 Å². The number of hydrogen-bond donors (Lipinski definition) is 2. The van der Waals surface area contributed by atoms with Crippen LogP contribution in [0.2, 0.25) is 0 Å². The van der Waals surface area contributed by atoms with Crippen molar-refractivity contribution in [3.05, 3.63) is 28.2 Å². The number of hydrogen-bond acceptors (Lipinski definition) is 3. The first-order valence-electron chi connectivity index (χ1n) is 6.08. The van der Waals surface area contributed by atoms with Crippen LogP contribution in [0.5, 0.6) is 0 Å². The van der Waals surface area contributed by atoms with Crippen molar-refractivity contribution in [2.45, 2.75) is 19.8 Å². The molecule has 1 aromatic carbocycles. The van der Waals surface area contributed by atoms with E-state index < -0.39 is 0 Å². The predicted molar refractivity (Wildman–Crippen MR) is 86.3 cm³/mol. The van der Waals surface area contributed by atoms with Gasteiger partial charge in [-0.2, -0.15) is 0 Å². The van der Waals surface area contributed by atoms with Gasteiger partial charge in [-0.25, -0.2) is 0 Å². The zero-order valence-electron chi connectivity index (χ0n) is 10.9. The molecule has 0 aliphatic heterocycles. The van der Waals surface area contributed by atoms with Crippen molar-refractivity contribution in [2.75, 3.05) is 18.0 Å². The van der Waals surface area contributed by atoms with Crippen LogP contribution < -0.4 is 16.4 Å². The quantitative estimate of drug-likeness (QED) is 0.744. The molecule has 0 atom stereocenters. The van der Waals surface area contributed by atoms with Crippen LogP contribution in [0, 0.1) is 0 Å². The van der Waals surface area contributed by atoms with E-state index in [9.17, 15) is 4.79 Å². The molecule has 0 aliphatic carbocycles. The maximum Gasteiger partial charge on any atom is 0.236 e. The van der Waals surface area contributed by atoms with Crippen LogP contribution in [-0.4, -0.2) is 24.0 Å². The number of nitrogens with zero attached hydrogens (tertiary/aromatic N) is 1. The summed E-state index contributed by atoms with van der Waals surface area (Å²) in [6.45, 7) is 3.09. The minimum Gasteiger partial charge on any atom is -0.389 e. The first-order chi connectivity index (χ1) is 8.95. The summed E-state index contributed by atoms with van der Waals surface area (Å²) in [6, 6.07) is 5.61. The number of halogens is 1. The number of rotatable bonds is 7. The van der Waals surface area contributed by atoms with Gasteiger partial charge >= 0.3 is 0 Å². The molecular weight excluding hydrogens is 326 g/mol. The van der Waals surface area contributed by atoms with Crippen LogP contribution >= 0.6 is 28.1 Å². The Hall–Kier alpha value is -1.14. The minimum absolute atomic E-state index is 0.199. The van der Waals surface area contributed by atoms with E-state index in [0.717, 1.165) is 35.1 Å². The van der Waals surface area contributed by atoms with Crippen LogP contribution in [0.25, 0.3) is 0 Å².